The lowest BCUT2D eigenvalue weighted by atomic mass is 9.96. The summed E-state index contributed by atoms with van der Waals surface area (Å²) in [4.78, 5) is 7.69. The van der Waals surface area contributed by atoms with Gasteiger partial charge in [-0.05, 0) is 38.6 Å². The number of rotatable bonds is 9. The first-order valence-corrected chi connectivity index (χ1v) is 10.9. The highest BCUT2D eigenvalue weighted by Crippen LogP contribution is 2.19. The van der Waals surface area contributed by atoms with Gasteiger partial charge in [0.15, 0.2) is 0 Å². The average Bonchev–Trinajstić information content (AvgIpc) is 2.53. The zero-order valence-corrected chi connectivity index (χ0v) is 15.0. The number of hydrogen-bond donors (Lipinski definition) is 3. The Balaban J connectivity index is 1.73. The zero-order valence-electron chi connectivity index (χ0n) is 13.8. The van der Waals surface area contributed by atoms with Gasteiger partial charge < -0.3 is 14.4 Å². The molecule has 2 fully saturated rings. The van der Waals surface area contributed by atoms with Gasteiger partial charge in [-0.15, -0.1) is 0 Å². The molecule has 0 aromatic rings. The summed E-state index contributed by atoms with van der Waals surface area (Å²) in [7, 11) is -1.49. The van der Waals surface area contributed by atoms with Gasteiger partial charge in [-0.1, -0.05) is 45.4 Å². The topological polar surface area (TPSA) is 45.3 Å². The third kappa shape index (κ3) is 7.24. The quantitative estimate of drug-likeness (QED) is 0.348. The van der Waals surface area contributed by atoms with Gasteiger partial charge in [0.2, 0.25) is 0 Å². The molecule has 21 heavy (non-hydrogen) atoms. The second kappa shape index (κ2) is 10.7. The van der Waals surface area contributed by atoms with Crippen LogP contribution in [0.5, 0.6) is 0 Å². The lowest BCUT2D eigenvalue weighted by molar-refractivity contribution is 0.252. The summed E-state index contributed by atoms with van der Waals surface area (Å²) < 4.78 is 6.16. The normalized spacial score (nSPS) is 22.0. The molecule has 0 saturated heterocycles. The Kier molecular flexibility index (Phi) is 8.89. The van der Waals surface area contributed by atoms with E-state index >= 15 is 0 Å². The number of nitrogens with one attached hydrogen (secondary N) is 3. The van der Waals surface area contributed by atoms with Gasteiger partial charge in [0.1, 0.15) is 0 Å². The van der Waals surface area contributed by atoms with Crippen molar-refractivity contribution in [1.82, 2.24) is 15.3 Å². The molecule has 2 rings (SSSR count). The summed E-state index contributed by atoms with van der Waals surface area (Å²) in [5, 5.41) is 3.37. The van der Waals surface area contributed by atoms with Crippen LogP contribution in [0, 0.1) is 0 Å². The Morgan fingerprint density at radius 3 is 1.86 bits per heavy atom. The van der Waals surface area contributed by atoms with Crippen LogP contribution in [-0.2, 0) is 4.43 Å². The van der Waals surface area contributed by atoms with Crippen molar-refractivity contribution in [2.75, 3.05) is 13.3 Å². The Morgan fingerprint density at radius 1 is 0.857 bits per heavy atom. The molecule has 0 bridgehead atoms. The molecule has 0 amide bonds. The first-order valence-electron chi connectivity index (χ1n) is 9.23. The molecule has 2 aliphatic rings. The summed E-state index contributed by atoms with van der Waals surface area (Å²) in [6, 6.07) is 1.38. The first-order chi connectivity index (χ1) is 10.4. The minimum atomic E-state index is -1.49. The van der Waals surface area contributed by atoms with Gasteiger partial charge in [-0.3, -0.25) is 5.32 Å². The Hall–Kier alpha value is 0.0569. The largest absolute Gasteiger partial charge is 0.381 e. The Morgan fingerprint density at radius 2 is 1.38 bits per heavy atom. The van der Waals surface area contributed by atoms with Crippen LogP contribution in [0.4, 0.5) is 0 Å². The Bertz CT molecular complexity index is 236. The third-order valence-electron chi connectivity index (χ3n) is 4.76. The summed E-state index contributed by atoms with van der Waals surface area (Å²) in [5.74, 6) is 0. The molecule has 0 radical (unpaired) electrons. The second-order valence-electron chi connectivity index (χ2n) is 6.69. The van der Waals surface area contributed by atoms with Crippen molar-refractivity contribution in [3.05, 3.63) is 0 Å². The highest BCUT2D eigenvalue weighted by atomic mass is 28.3. The van der Waals surface area contributed by atoms with Gasteiger partial charge in [-0.25, -0.2) is 0 Å². The van der Waals surface area contributed by atoms with E-state index in [1.807, 2.05) is 0 Å². The fourth-order valence-electron chi connectivity index (χ4n) is 3.50. The van der Waals surface area contributed by atoms with E-state index in [1.165, 1.54) is 70.6 Å². The SMILES string of the molecule is CCCNCO[SiH](NC1CCCCC1)NC1CCCCC1. The van der Waals surface area contributed by atoms with Crippen LogP contribution >= 0.6 is 0 Å². The van der Waals surface area contributed by atoms with Gasteiger partial charge in [0, 0.05) is 12.1 Å². The molecule has 4 nitrogen and oxygen atoms in total. The van der Waals surface area contributed by atoms with Crippen molar-refractivity contribution in [3.8, 4) is 0 Å². The fourth-order valence-corrected chi connectivity index (χ4v) is 5.60. The van der Waals surface area contributed by atoms with E-state index in [1.54, 1.807) is 0 Å². The highest BCUT2D eigenvalue weighted by Gasteiger charge is 2.24. The lowest BCUT2D eigenvalue weighted by Crippen LogP contribution is -2.58. The van der Waals surface area contributed by atoms with Crippen molar-refractivity contribution < 1.29 is 4.43 Å². The lowest BCUT2D eigenvalue weighted by Gasteiger charge is -2.32. The standard InChI is InChI=1S/C16H35N3OSi/c1-2-13-17-14-20-21(18-15-9-5-3-6-10-15)19-16-11-7-4-8-12-16/h15-19,21H,2-14H2,1H3. The summed E-state index contributed by atoms with van der Waals surface area (Å²) in [5.41, 5.74) is 0. The maximum Gasteiger partial charge on any atom is 0.336 e. The predicted molar refractivity (Wildman–Crippen MR) is 91.4 cm³/mol. The Labute approximate surface area is 132 Å². The average molecular weight is 314 g/mol. The monoisotopic (exact) mass is 313 g/mol. The minimum Gasteiger partial charge on any atom is -0.381 e. The molecule has 2 aliphatic carbocycles. The fraction of sp³-hybridized carbons (Fsp3) is 1.00. The predicted octanol–water partition coefficient (Wildman–Crippen LogP) is 2.52. The third-order valence-corrected chi connectivity index (χ3v) is 6.81. The molecule has 0 aliphatic heterocycles. The van der Waals surface area contributed by atoms with Crippen molar-refractivity contribution in [2.24, 2.45) is 0 Å². The van der Waals surface area contributed by atoms with Crippen LogP contribution in [0.15, 0.2) is 0 Å². The molecule has 0 atom stereocenters. The highest BCUT2D eigenvalue weighted by molar-refractivity contribution is 6.46. The maximum absolute atomic E-state index is 6.16. The van der Waals surface area contributed by atoms with Crippen LogP contribution in [0.1, 0.15) is 77.6 Å². The summed E-state index contributed by atoms with van der Waals surface area (Å²) in [6.45, 7) is 3.95. The molecule has 0 heterocycles. The van der Waals surface area contributed by atoms with Crippen molar-refractivity contribution in [2.45, 2.75) is 89.6 Å². The smallest absolute Gasteiger partial charge is 0.336 e. The van der Waals surface area contributed by atoms with E-state index in [2.05, 4.69) is 22.2 Å². The van der Waals surface area contributed by atoms with Gasteiger partial charge >= 0.3 is 9.36 Å². The van der Waals surface area contributed by atoms with Gasteiger partial charge in [-0.2, -0.15) is 0 Å². The van der Waals surface area contributed by atoms with Crippen LogP contribution in [0.2, 0.25) is 0 Å². The molecule has 5 heteroatoms. The van der Waals surface area contributed by atoms with E-state index in [4.69, 9.17) is 4.43 Å². The van der Waals surface area contributed by atoms with E-state index < -0.39 is 9.36 Å². The van der Waals surface area contributed by atoms with E-state index in [9.17, 15) is 0 Å². The number of hydrogen-bond acceptors (Lipinski definition) is 4. The maximum atomic E-state index is 6.16. The van der Waals surface area contributed by atoms with Crippen molar-refractivity contribution in [1.29, 1.82) is 0 Å². The zero-order chi connectivity index (χ0) is 14.8. The first kappa shape index (κ1) is 17.4. The van der Waals surface area contributed by atoms with E-state index in [0.717, 1.165) is 6.54 Å². The molecule has 0 aromatic heterocycles. The van der Waals surface area contributed by atoms with Crippen LogP contribution in [0.25, 0.3) is 0 Å². The molecule has 0 aromatic carbocycles. The molecular weight excluding hydrogens is 278 g/mol. The summed E-state index contributed by atoms with van der Waals surface area (Å²) >= 11 is 0. The van der Waals surface area contributed by atoms with Crippen LogP contribution in [0.3, 0.4) is 0 Å². The molecule has 2 saturated carbocycles. The molecule has 124 valence electrons. The van der Waals surface area contributed by atoms with Crippen molar-refractivity contribution >= 4 is 9.36 Å². The molecule has 0 unspecified atom stereocenters. The van der Waals surface area contributed by atoms with Crippen LogP contribution < -0.4 is 15.3 Å². The minimum absolute atomic E-state index is 0.692. The molecule has 3 N–H and O–H groups in total. The van der Waals surface area contributed by atoms with Gasteiger partial charge in [0.25, 0.3) is 0 Å². The summed E-state index contributed by atoms with van der Waals surface area (Å²) in [6.07, 6.45) is 14.9. The van der Waals surface area contributed by atoms with Crippen LogP contribution in [-0.4, -0.2) is 34.7 Å². The molecular formula is C16H35N3OSi. The van der Waals surface area contributed by atoms with Crippen molar-refractivity contribution in [3.63, 3.8) is 0 Å². The van der Waals surface area contributed by atoms with E-state index in [0.29, 0.717) is 18.8 Å². The molecule has 0 spiro atoms. The second-order valence-corrected chi connectivity index (χ2v) is 8.45. The van der Waals surface area contributed by atoms with E-state index in [-0.39, 0.29) is 0 Å². The van der Waals surface area contributed by atoms with Gasteiger partial charge in [0.05, 0.1) is 6.73 Å².